The van der Waals surface area contributed by atoms with Crippen LogP contribution >= 0.6 is 46.4 Å². The van der Waals surface area contributed by atoms with Gasteiger partial charge in [0.2, 0.25) is 0 Å². The minimum Gasteiger partial charge on any atom is -0.394 e. The van der Waals surface area contributed by atoms with Gasteiger partial charge in [0.1, 0.15) is 35.8 Å². The highest BCUT2D eigenvalue weighted by molar-refractivity contribution is 6.42. The van der Waals surface area contributed by atoms with E-state index in [0.717, 1.165) is 11.1 Å². The molecule has 43 heavy (non-hydrogen) atoms. The topological polar surface area (TPSA) is 139 Å². The maximum absolute atomic E-state index is 11.0. The molecular weight excluding hydrogens is 646 g/mol. The van der Waals surface area contributed by atoms with Gasteiger partial charge in [0.25, 0.3) is 0 Å². The molecule has 0 radical (unpaired) electrons. The highest BCUT2D eigenvalue weighted by atomic mass is 35.5. The minimum atomic E-state index is -1.22. The molecule has 1 aliphatic heterocycles. The van der Waals surface area contributed by atoms with Crippen LogP contribution in [-0.2, 0) is 45.3 Å². The summed E-state index contributed by atoms with van der Waals surface area (Å²) < 4.78 is 26.7. The number of hydrogen-bond acceptors (Lipinski definition) is 10. The van der Waals surface area contributed by atoms with Gasteiger partial charge in [-0.15, -0.1) is 10.2 Å². The number of hydrogen-bond donors (Lipinski definition) is 2. The lowest BCUT2D eigenvalue weighted by Crippen LogP contribution is -2.60. The van der Waals surface area contributed by atoms with E-state index in [1.54, 1.807) is 46.0 Å². The van der Waals surface area contributed by atoms with Gasteiger partial charge < -0.3 is 29.2 Å². The second kappa shape index (κ2) is 14.6. The van der Waals surface area contributed by atoms with E-state index in [1.807, 2.05) is 12.1 Å². The molecule has 2 N–H and O–H groups in total. The van der Waals surface area contributed by atoms with Crippen LogP contribution in [0.3, 0.4) is 0 Å². The third kappa shape index (κ3) is 8.03. The van der Waals surface area contributed by atoms with E-state index >= 15 is 0 Å². The van der Waals surface area contributed by atoms with Crippen molar-refractivity contribution in [3.05, 3.63) is 91.4 Å². The zero-order valence-corrected chi connectivity index (χ0v) is 25.8. The van der Waals surface area contributed by atoms with Gasteiger partial charge in [-0.25, -0.2) is 9.36 Å². The number of aliphatic hydroxyl groups is 2. The zero-order valence-electron chi connectivity index (χ0n) is 22.8. The Kier molecular flexibility index (Phi) is 10.9. The van der Waals surface area contributed by atoms with Crippen molar-refractivity contribution in [2.75, 3.05) is 13.7 Å². The number of aliphatic hydroxyl groups excluding tert-OH is 2. The summed E-state index contributed by atoms with van der Waals surface area (Å²) in [5.74, 6) is 0. The van der Waals surface area contributed by atoms with Crippen LogP contribution in [0.25, 0.3) is 0 Å². The van der Waals surface area contributed by atoms with E-state index in [1.165, 1.54) is 7.11 Å². The quantitative estimate of drug-likeness (QED) is 0.229. The van der Waals surface area contributed by atoms with Gasteiger partial charge in [-0.1, -0.05) is 69.0 Å². The standard InChI is InChI=1S/C27H28Cl4N6O6/c1-40-27-26(42-14-18-11-37(35-33-18)9-16-3-5-20(29)22(31)7-16)25(24(39)23(12-38)43-27)41-13-17-10-36(34-32-17)8-15-2-4-19(28)21(30)6-15/h2-7,10-11,23-27,38-39H,8-9,12-14H2,1H3. The molecule has 0 bridgehead atoms. The van der Waals surface area contributed by atoms with Crippen molar-refractivity contribution in [1.82, 2.24) is 30.0 Å². The maximum Gasteiger partial charge on any atom is 0.186 e. The van der Waals surface area contributed by atoms with Gasteiger partial charge in [-0.2, -0.15) is 0 Å². The lowest BCUT2D eigenvalue weighted by atomic mass is 9.98. The largest absolute Gasteiger partial charge is 0.394 e. The molecule has 5 unspecified atom stereocenters. The monoisotopic (exact) mass is 672 g/mol. The number of benzene rings is 2. The minimum absolute atomic E-state index is 0.00260. The molecular formula is C27H28Cl4N6O6. The van der Waals surface area contributed by atoms with E-state index in [4.69, 9.17) is 65.4 Å². The Morgan fingerprint density at radius 1 is 0.791 bits per heavy atom. The molecule has 1 saturated heterocycles. The van der Waals surface area contributed by atoms with Crippen LogP contribution in [0.15, 0.2) is 48.8 Å². The molecule has 5 rings (SSSR count). The SMILES string of the molecule is COC1OC(CO)C(O)C(OCc2cn(Cc3ccc(Cl)c(Cl)c3)nn2)C1OCc1cn(Cc2ccc(Cl)c(Cl)c2)nn1. The second-order valence-corrected chi connectivity index (χ2v) is 11.4. The van der Waals surface area contributed by atoms with Crippen molar-refractivity contribution >= 4 is 46.4 Å². The molecule has 230 valence electrons. The summed E-state index contributed by atoms with van der Waals surface area (Å²) in [6.07, 6.45) is -1.50. The first-order chi connectivity index (χ1) is 20.7. The van der Waals surface area contributed by atoms with Crippen LogP contribution in [0.2, 0.25) is 20.1 Å². The van der Waals surface area contributed by atoms with Gasteiger partial charge in [-0.05, 0) is 35.4 Å². The number of ether oxygens (including phenoxy) is 4. The highest BCUT2D eigenvalue weighted by Crippen LogP contribution is 2.28. The Labute approximate surface area is 266 Å². The van der Waals surface area contributed by atoms with E-state index in [0.29, 0.717) is 44.6 Å². The third-order valence-electron chi connectivity index (χ3n) is 6.71. The fraction of sp³-hybridized carbons (Fsp3) is 0.407. The molecule has 2 aromatic heterocycles. The lowest BCUT2D eigenvalue weighted by Gasteiger charge is -2.43. The predicted molar refractivity (Wildman–Crippen MR) is 157 cm³/mol. The van der Waals surface area contributed by atoms with E-state index < -0.39 is 37.3 Å². The molecule has 2 aromatic carbocycles. The molecule has 1 aliphatic rings. The lowest BCUT2D eigenvalue weighted by molar-refractivity contribution is -0.314. The van der Waals surface area contributed by atoms with Gasteiger partial charge in [0.05, 0.1) is 65.4 Å². The normalized spacial score (nSPS) is 22.3. The zero-order chi connectivity index (χ0) is 30.5. The predicted octanol–water partition coefficient (Wildman–Crippen LogP) is 3.77. The van der Waals surface area contributed by atoms with E-state index in [9.17, 15) is 10.2 Å². The molecule has 0 spiro atoms. The van der Waals surface area contributed by atoms with E-state index in [-0.39, 0.29) is 13.2 Å². The number of halogens is 4. The first-order valence-corrected chi connectivity index (χ1v) is 14.6. The van der Waals surface area contributed by atoms with Crippen molar-refractivity contribution in [3.8, 4) is 0 Å². The third-order valence-corrected chi connectivity index (χ3v) is 8.19. The first-order valence-electron chi connectivity index (χ1n) is 13.1. The van der Waals surface area contributed by atoms with Crippen LogP contribution in [-0.4, -0.2) is 84.6 Å². The van der Waals surface area contributed by atoms with Gasteiger partial charge in [0.15, 0.2) is 6.29 Å². The molecule has 0 saturated carbocycles. The number of aromatic nitrogens is 6. The Hall–Kier alpha value is -2.36. The summed E-state index contributed by atoms with van der Waals surface area (Å²) >= 11 is 24.2. The Morgan fingerprint density at radius 3 is 1.77 bits per heavy atom. The molecule has 5 atom stereocenters. The van der Waals surface area contributed by atoms with Gasteiger partial charge >= 0.3 is 0 Å². The smallest absolute Gasteiger partial charge is 0.186 e. The Balaban J connectivity index is 1.23. The molecule has 1 fully saturated rings. The van der Waals surface area contributed by atoms with Crippen LogP contribution in [0.4, 0.5) is 0 Å². The van der Waals surface area contributed by atoms with Crippen molar-refractivity contribution in [2.45, 2.75) is 57.0 Å². The fourth-order valence-corrected chi connectivity index (χ4v) is 5.22. The summed E-state index contributed by atoms with van der Waals surface area (Å²) in [5.41, 5.74) is 2.82. The van der Waals surface area contributed by atoms with E-state index in [2.05, 4.69) is 20.6 Å². The van der Waals surface area contributed by atoms with Crippen molar-refractivity contribution in [2.24, 2.45) is 0 Å². The van der Waals surface area contributed by atoms with Crippen LogP contribution in [0.1, 0.15) is 22.5 Å². The summed E-state index contributed by atoms with van der Waals surface area (Å²) in [7, 11) is 1.44. The molecule has 12 nitrogen and oxygen atoms in total. The van der Waals surface area contributed by atoms with Crippen LogP contribution in [0.5, 0.6) is 0 Å². The average molecular weight is 674 g/mol. The number of nitrogens with zero attached hydrogens (tertiary/aromatic N) is 6. The van der Waals surface area contributed by atoms with Gasteiger partial charge in [0, 0.05) is 7.11 Å². The second-order valence-electron chi connectivity index (χ2n) is 9.81. The molecule has 16 heteroatoms. The Morgan fingerprint density at radius 2 is 1.30 bits per heavy atom. The molecule has 3 heterocycles. The fourth-order valence-electron chi connectivity index (χ4n) is 4.58. The Bertz CT molecular complexity index is 1520. The summed E-state index contributed by atoms with van der Waals surface area (Å²) in [5, 5.41) is 39.2. The summed E-state index contributed by atoms with van der Waals surface area (Å²) in [6, 6.07) is 10.6. The maximum atomic E-state index is 11.0. The summed E-state index contributed by atoms with van der Waals surface area (Å²) in [4.78, 5) is 0. The first kappa shape index (κ1) is 32.0. The highest BCUT2D eigenvalue weighted by Gasteiger charge is 2.47. The van der Waals surface area contributed by atoms with Crippen LogP contribution in [0, 0.1) is 0 Å². The molecule has 4 aromatic rings. The molecule has 0 amide bonds. The van der Waals surface area contributed by atoms with Crippen molar-refractivity contribution in [1.29, 1.82) is 0 Å². The van der Waals surface area contributed by atoms with Crippen molar-refractivity contribution < 1.29 is 29.2 Å². The average Bonchev–Trinajstić information content (AvgIpc) is 3.64. The summed E-state index contributed by atoms with van der Waals surface area (Å²) in [6.45, 7) is 0.407. The van der Waals surface area contributed by atoms with Gasteiger partial charge in [-0.3, -0.25) is 0 Å². The molecule has 0 aliphatic carbocycles. The van der Waals surface area contributed by atoms with Crippen LogP contribution < -0.4 is 0 Å². The van der Waals surface area contributed by atoms with Crippen molar-refractivity contribution in [3.63, 3.8) is 0 Å². The number of methoxy groups -OCH3 is 1. The number of rotatable bonds is 12.